The van der Waals surface area contributed by atoms with Crippen LogP contribution in [0.3, 0.4) is 0 Å². The molecule has 0 aliphatic carbocycles. The SMILES string of the molecule is NCCNCCN(CCC(O)O)CC(O)(O)O. The zero-order valence-electron chi connectivity index (χ0n) is 9.79. The fourth-order valence-corrected chi connectivity index (χ4v) is 1.33. The third-order valence-electron chi connectivity index (χ3n) is 2.07. The Morgan fingerprint density at radius 2 is 1.76 bits per heavy atom. The van der Waals surface area contributed by atoms with Crippen LogP contribution in [0.2, 0.25) is 0 Å². The normalized spacial score (nSPS) is 12.7. The maximum Gasteiger partial charge on any atom is 0.288 e. The van der Waals surface area contributed by atoms with Crippen LogP contribution in [0.5, 0.6) is 0 Å². The van der Waals surface area contributed by atoms with Gasteiger partial charge in [0.25, 0.3) is 5.97 Å². The molecule has 0 rings (SSSR count). The van der Waals surface area contributed by atoms with E-state index in [9.17, 15) is 0 Å². The van der Waals surface area contributed by atoms with Gasteiger partial charge in [-0.3, -0.25) is 4.90 Å². The number of nitrogens with one attached hydrogen (secondary N) is 1. The monoisotopic (exact) mass is 253 g/mol. The summed E-state index contributed by atoms with van der Waals surface area (Å²) in [6.07, 6.45) is -1.40. The van der Waals surface area contributed by atoms with Gasteiger partial charge in [0.15, 0.2) is 6.29 Å². The van der Waals surface area contributed by atoms with Crippen LogP contribution >= 0.6 is 0 Å². The van der Waals surface area contributed by atoms with Crippen LogP contribution in [0.25, 0.3) is 0 Å². The van der Waals surface area contributed by atoms with Crippen molar-refractivity contribution in [2.45, 2.75) is 18.7 Å². The van der Waals surface area contributed by atoms with Crippen molar-refractivity contribution in [3.63, 3.8) is 0 Å². The highest BCUT2D eigenvalue weighted by Crippen LogP contribution is 2.01. The van der Waals surface area contributed by atoms with E-state index in [0.29, 0.717) is 26.2 Å². The molecule has 0 fully saturated rings. The van der Waals surface area contributed by atoms with Crippen LogP contribution in [-0.2, 0) is 0 Å². The Kier molecular flexibility index (Phi) is 8.56. The number of nitrogens with two attached hydrogens (primary N) is 1. The van der Waals surface area contributed by atoms with Gasteiger partial charge < -0.3 is 36.6 Å². The molecule has 8 N–H and O–H groups in total. The fraction of sp³-hybridized carbons (Fsp3) is 1.00. The Labute approximate surface area is 100 Å². The highest BCUT2D eigenvalue weighted by atomic mass is 16.7. The molecule has 0 atom stereocenters. The molecular formula is C9H23N3O5. The van der Waals surface area contributed by atoms with E-state index in [1.165, 1.54) is 4.90 Å². The van der Waals surface area contributed by atoms with Crippen molar-refractivity contribution >= 4 is 0 Å². The van der Waals surface area contributed by atoms with Crippen LogP contribution in [0.4, 0.5) is 0 Å². The minimum Gasteiger partial charge on any atom is -0.368 e. The first-order valence-corrected chi connectivity index (χ1v) is 5.51. The molecule has 0 heterocycles. The van der Waals surface area contributed by atoms with Gasteiger partial charge in [0.2, 0.25) is 0 Å². The number of rotatable bonds is 10. The number of aliphatic hydroxyl groups excluding tert-OH is 1. The van der Waals surface area contributed by atoms with Gasteiger partial charge in [0.1, 0.15) is 0 Å². The predicted octanol–water partition coefficient (Wildman–Crippen LogP) is -3.83. The van der Waals surface area contributed by atoms with Crippen LogP contribution in [-0.4, -0.2) is 82.0 Å². The average Bonchev–Trinajstić information content (AvgIpc) is 2.18. The van der Waals surface area contributed by atoms with Crippen molar-refractivity contribution in [1.82, 2.24) is 10.2 Å². The maximum atomic E-state index is 8.86. The van der Waals surface area contributed by atoms with Crippen molar-refractivity contribution in [2.24, 2.45) is 5.73 Å². The Balaban J connectivity index is 3.93. The standard InChI is InChI=1S/C9H23N3O5/c10-2-3-11-4-6-12(5-1-8(13)14)7-9(15,16)17/h8,11,13-17H,1-7,10H2. The summed E-state index contributed by atoms with van der Waals surface area (Å²) >= 11 is 0. The quantitative estimate of drug-likeness (QED) is 0.155. The zero-order chi connectivity index (χ0) is 13.3. The lowest BCUT2D eigenvalue weighted by Gasteiger charge is -2.27. The van der Waals surface area contributed by atoms with Crippen LogP contribution in [0.1, 0.15) is 6.42 Å². The molecule has 17 heavy (non-hydrogen) atoms. The molecule has 0 saturated carbocycles. The number of aliphatic hydroxyl groups is 5. The lowest BCUT2D eigenvalue weighted by atomic mass is 10.3. The lowest BCUT2D eigenvalue weighted by molar-refractivity contribution is -0.317. The molecule has 0 aliphatic heterocycles. The summed E-state index contributed by atoms with van der Waals surface area (Å²) < 4.78 is 0. The summed E-state index contributed by atoms with van der Waals surface area (Å²) in [5, 5.41) is 47.0. The Bertz CT molecular complexity index is 186. The van der Waals surface area contributed by atoms with Crippen LogP contribution < -0.4 is 11.1 Å². The second-order valence-electron chi connectivity index (χ2n) is 3.86. The molecule has 8 nitrogen and oxygen atoms in total. The molecule has 0 radical (unpaired) electrons. The molecule has 104 valence electrons. The highest BCUT2D eigenvalue weighted by Gasteiger charge is 2.22. The molecule has 0 spiro atoms. The maximum absolute atomic E-state index is 8.86. The second-order valence-corrected chi connectivity index (χ2v) is 3.86. The summed E-state index contributed by atoms with van der Waals surface area (Å²) in [7, 11) is 0. The van der Waals surface area contributed by atoms with Crippen LogP contribution in [0, 0.1) is 0 Å². The summed E-state index contributed by atoms with van der Waals surface area (Å²) in [6.45, 7) is 1.96. The van der Waals surface area contributed by atoms with Crippen molar-refractivity contribution in [3.8, 4) is 0 Å². The van der Waals surface area contributed by atoms with E-state index in [1.807, 2.05) is 0 Å². The van der Waals surface area contributed by atoms with E-state index in [1.54, 1.807) is 0 Å². The summed E-state index contributed by atoms with van der Waals surface area (Å²) in [6, 6.07) is 0. The first-order chi connectivity index (χ1) is 7.85. The second kappa shape index (κ2) is 8.72. The lowest BCUT2D eigenvalue weighted by Crippen LogP contribution is -2.46. The zero-order valence-corrected chi connectivity index (χ0v) is 9.79. The first-order valence-electron chi connectivity index (χ1n) is 5.51. The van der Waals surface area contributed by atoms with E-state index >= 15 is 0 Å². The Morgan fingerprint density at radius 3 is 2.24 bits per heavy atom. The van der Waals surface area contributed by atoms with Gasteiger partial charge in [0, 0.05) is 39.1 Å². The van der Waals surface area contributed by atoms with Crippen LogP contribution in [0.15, 0.2) is 0 Å². The first kappa shape index (κ1) is 16.7. The molecule has 0 aromatic rings. The number of hydrogen-bond acceptors (Lipinski definition) is 8. The molecule has 0 aliphatic rings. The summed E-state index contributed by atoms with van der Waals surface area (Å²) in [4.78, 5) is 1.50. The van der Waals surface area contributed by atoms with Gasteiger partial charge in [-0.15, -0.1) is 0 Å². The van der Waals surface area contributed by atoms with E-state index < -0.39 is 12.3 Å². The fourth-order valence-electron chi connectivity index (χ4n) is 1.33. The molecule has 0 saturated heterocycles. The van der Waals surface area contributed by atoms with Gasteiger partial charge in [-0.2, -0.15) is 0 Å². The van der Waals surface area contributed by atoms with Gasteiger partial charge in [-0.1, -0.05) is 0 Å². The van der Waals surface area contributed by atoms with Gasteiger partial charge in [0.05, 0.1) is 6.54 Å². The molecule has 8 heteroatoms. The van der Waals surface area contributed by atoms with E-state index in [-0.39, 0.29) is 19.5 Å². The summed E-state index contributed by atoms with van der Waals surface area (Å²) in [5.41, 5.74) is 5.28. The number of nitrogens with zero attached hydrogens (tertiary/aromatic N) is 1. The third-order valence-corrected chi connectivity index (χ3v) is 2.07. The van der Waals surface area contributed by atoms with Gasteiger partial charge in [-0.05, 0) is 0 Å². The average molecular weight is 253 g/mol. The summed E-state index contributed by atoms with van der Waals surface area (Å²) in [5.74, 6) is -2.78. The minimum atomic E-state index is -2.78. The van der Waals surface area contributed by atoms with E-state index in [4.69, 9.17) is 31.3 Å². The van der Waals surface area contributed by atoms with E-state index in [2.05, 4.69) is 5.32 Å². The molecule has 0 aromatic heterocycles. The molecule has 0 amide bonds. The Morgan fingerprint density at radius 1 is 1.12 bits per heavy atom. The van der Waals surface area contributed by atoms with Crippen molar-refractivity contribution in [2.75, 3.05) is 39.3 Å². The molecular weight excluding hydrogens is 230 g/mol. The largest absolute Gasteiger partial charge is 0.368 e. The van der Waals surface area contributed by atoms with E-state index in [0.717, 1.165) is 0 Å². The predicted molar refractivity (Wildman–Crippen MR) is 60.6 cm³/mol. The van der Waals surface area contributed by atoms with Crippen molar-refractivity contribution in [1.29, 1.82) is 0 Å². The minimum absolute atomic E-state index is 0.0625. The van der Waals surface area contributed by atoms with Crippen molar-refractivity contribution in [3.05, 3.63) is 0 Å². The molecule has 0 bridgehead atoms. The topological polar surface area (TPSA) is 142 Å². The smallest absolute Gasteiger partial charge is 0.288 e. The van der Waals surface area contributed by atoms with Gasteiger partial charge in [-0.25, -0.2) is 0 Å². The number of hydrogen-bond donors (Lipinski definition) is 7. The third kappa shape index (κ3) is 11.9. The van der Waals surface area contributed by atoms with Crippen molar-refractivity contribution < 1.29 is 25.5 Å². The molecule has 0 aromatic carbocycles. The highest BCUT2D eigenvalue weighted by molar-refractivity contribution is 4.64. The molecule has 0 unspecified atom stereocenters. The Hall–Kier alpha value is -0.320. The van der Waals surface area contributed by atoms with Gasteiger partial charge >= 0.3 is 0 Å².